The summed E-state index contributed by atoms with van der Waals surface area (Å²) in [4.78, 5) is 32.7. The topological polar surface area (TPSA) is 92.6 Å². The van der Waals surface area contributed by atoms with E-state index >= 15 is 0 Å². The van der Waals surface area contributed by atoms with Crippen LogP contribution in [0.3, 0.4) is 0 Å². The van der Waals surface area contributed by atoms with Gasteiger partial charge in [-0.05, 0) is 37.5 Å². The van der Waals surface area contributed by atoms with Crippen LogP contribution in [0.1, 0.15) is 19.3 Å². The van der Waals surface area contributed by atoms with Gasteiger partial charge in [-0.3, -0.25) is 14.5 Å². The van der Waals surface area contributed by atoms with E-state index in [9.17, 15) is 9.59 Å². The normalized spacial score (nSPS) is 21.8. The standard InChI is InChI=1S/C21H27ClN6O3/c22-16-3-1-4-17(11-16)26-7-9-27(10-8-26)18-5-2-6-19(18)31-21(30)12-24-20(29)13-28-15-23-14-25-28/h1,3-4,11,14-15,18-19H,2,5-10,12-13H2,(H,24,29)/t18-,19+/m1/s1. The van der Waals surface area contributed by atoms with Crippen molar-refractivity contribution < 1.29 is 14.3 Å². The molecule has 0 radical (unpaired) electrons. The molecule has 2 atom stereocenters. The first-order valence-corrected chi connectivity index (χ1v) is 11.0. The predicted molar refractivity (Wildman–Crippen MR) is 116 cm³/mol. The van der Waals surface area contributed by atoms with E-state index in [-0.39, 0.29) is 31.1 Å². The van der Waals surface area contributed by atoms with Gasteiger partial charge in [0.1, 0.15) is 31.8 Å². The summed E-state index contributed by atoms with van der Waals surface area (Å²) in [6.45, 7) is 3.54. The van der Waals surface area contributed by atoms with Crippen LogP contribution in [0.25, 0.3) is 0 Å². The fourth-order valence-electron chi connectivity index (χ4n) is 4.34. The Balaban J connectivity index is 1.22. The van der Waals surface area contributed by atoms with Crippen LogP contribution >= 0.6 is 11.6 Å². The third-order valence-corrected chi connectivity index (χ3v) is 6.09. The number of carbonyl (C=O) groups excluding carboxylic acids is 2. The van der Waals surface area contributed by atoms with Crippen molar-refractivity contribution in [2.24, 2.45) is 0 Å². The summed E-state index contributed by atoms with van der Waals surface area (Å²) in [6.07, 6.45) is 5.60. The third kappa shape index (κ3) is 5.74. The van der Waals surface area contributed by atoms with Gasteiger partial charge in [0.25, 0.3) is 0 Å². The number of hydrogen-bond donors (Lipinski definition) is 1. The molecule has 0 spiro atoms. The molecule has 1 aromatic heterocycles. The highest BCUT2D eigenvalue weighted by Gasteiger charge is 2.36. The number of nitrogens with one attached hydrogen (secondary N) is 1. The highest BCUT2D eigenvalue weighted by Crippen LogP contribution is 2.29. The van der Waals surface area contributed by atoms with Gasteiger partial charge in [0.15, 0.2) is 0 Å². The second-order valence-corrected chi connectivity index (χ2v) is 8.34. The van der Waals surface area contributed by atoms with Gasteiger partial charge in [-0.25, -0.2) is 9.67 Å². The lowest BCUT2D eigenvalue weighted by molar-refractivity contribution is -0.151. The number of benzene rings is 1. The predicted octanol–water partition coefficient (Wildman–Crippen LogP) is 1.33. The largest absolute Gasteiger partial charge is 0.459 e. The summed E-state index contributed by atoms with van der Waals surface area (Å²) in [5.41, 5.74) is 1.14. The monoisotopic (exact) mass is 446 g/mol. The minimum Gasteiger partial charge on any atom is -0.459 e. The summed E-state index contributed by atoms with van der Waals surface area (Å²) in [5.74, 6) is -0.705. The first kappa shape index (κ1) is 21.6. The van der Waals surface area contributed by atoms with Crippen molar-refractivity contribution in [3.63, 3.8) is 0 Å². The fourth-order valence-corrected chi connectivity index (χ4v) is 4.53. The molecule has 166 valence electrons. The zero-order valence-electron chi connectivity index (χ0n) is 17.3. The molecule has 0 bridgehead atoms. The van der Waals surface area contributed by atoms with Crippen LogP contribution in [0.5, 0.6) is 0 Å². The third-order valence-electron chi connectivity index (χ3n) is 5.86. The number of rotatable bonds is 7. The number of esters is 1. The summed E-state index contributed by atoms with van der Waals surface area (Å²) >= 11 is 6.13. The molecule has 1 aliphatic heterocycles. The summed E-state index contributed by atoms with van der Waals surface area (Å²) in [5, 5.41) is 7.20. The molecule has 1 saturated carbocycles. The van der Waals surface area contributed by atoms with Crippen LogP contribution < -0.4 is 10.2 Å². The lowest BCUT2D eigenvalue weighted by Crippen LogP contribution is -2.53. The second kappa shape index (κ2) is 10.1. The molecular weight excluding hydrogens is 420 g/mol. The van der Waals surface area contributed by atoms with Gasteiger partial charge in [0, 0.05) is 42.9 Å². The number of ether oxygens (including phenoxy) is 1. The van der Waals surface area contributed by atoms with Gasteiger partial charge in [-0.2, -0.15) is 5.10 Å². The van der Waals surface area contributed by atoms with Crippen LogP contribution in [0, 0.1) is 0 Å². The Labute approximate surface area is 186 Å². The zero-order chi connectivity index (χ0) is 21.6. The number of carbonyl (C=O) groups is 2. The lowest BCUT2D eigenvalue weighted by atomic mass is 10.1. The maximum absolute atomic E-state index is 12.3. The molecule has 2 aliphatic rings. The van der Waals surface area contributed by atoms with E-state index in [1.807, 2.05) is 18.2 Å². The first-order valence-electron chi connectivity index (χ1n) is 10.6. The van der Waals surface area contributed by atoms with Crippen molar-refractivity contribution in [3.8, 4) is 0 Å². The van der Waals surface area contributed by atoms with E-state index in [1.165, 1.54) is 17.3 Å². The molecule has 1 N–H and O–H groups in total. The molecule has 9 nitrogen and oxygen atoms in total. The quantitative estimate of drug-likeness (QED) is 0.641. The van der Waals surface area contributed by atoms with Crippen LogP contribution in [-0.2, 0) is 20.9 Å². The number of nitrogens with zero attached hydrogens (tertiary/aromatic N) is 5. The van der Waals surface area contributed by atoms with Crippen molar-refractivity contribution in [1.82, 2.24) is 25.0 Å². The minimum atomic E-state index is -0.401. The molecule has 2 aromatic rings. The van der Waals surface area contributed by atoms with Crippen molar-refractivity contribution in [1.29, 1.82) is 0 Å². The van der Waals surface area contributed by atoms with Gasteiger partial charge in [0.2, 0.25) is 5.91 Å². The van der Waals surface area contributed by atoms with Crippen molar-refractivity contribution >= 4 is 29.2 Å². The molecule has 2 heterocycles. The van der Waals surface area contributed by atoms with Gasteiger partial charge in [-0.15, -0.1) is 0 Å². The highest BCUT2D eigenvalue weighted by atomic mass is 35.5. The van der Waals surface area contributed by atoms with Crippen LogP contribution in [-0.4, -0.2) is 76.4 Å². The Kier molecular flexibility index (Phi) is 7.03. The molecule has 2 fully saturated rings. The number of anilines is 1. The Morgan fingerprint density at radius 1 is 1.19 bits per heavy atom. The number of hydrogen-bond acceptors (Lipinski definition) is 7. The summed E-state index contributed by atoms with van der Waals surface area (Å²) < 4.78 is 7.13. The minimum absolute atomic E-state index is 0.0240. The van der Waals surface area contributed by atoms with Crippen molar-refractivity contribution in [2.75, 3.05) is 37.6 Å². The van der Waals surface area contributed by atoms with E-state index in [2.05, 4.69) is 31.3 Å². The van der Waals surface area contributed by atoms with Gasteiger partial charge in [-0.1, -0.05) is 17.7 Å². The molecule has 1 aliphatic carbocycles. The molecule has 4 rings (SSSR count). The maximum atomic E-state index is 12.3. The van der Waals surface area contributed by atoms with E-state index in [0.29, 0.717) is 0 Å². The Bertz CT molecular complexity index is 885. The Hall–Kier alpha value is -2.65. The molecular formula is C21H27ClN6O3. The van der Waals surface area contributed by atoms with Crippen LogP contribution in [0.15, 0.2) is 36.9 Å². The molecule has 0 unspecified atom stereocenters. The van der Waals surface area contributed by atoms with Gasteiger partial charge >= 0.3 is 5.97 Å². The van der Waals surface area contributed by atoms with Crippen molar-refractivity contribution in [2.45, 2.75) is 38.0 Å². The number of halogens is 1. The second-order valence-electron chi connectivity index (χ2n) is 7.90. The SMILES string of the molecule is O=C(Cn1cncn1)NCC(=O)O[C@H]1CCC[C@H]1N1CCN(c2cccc(Cl)c2)CC1. The van der Waals surface area contributed by atoms with E-state index < -0.39 is 5.97 Å². The van der Waals surface area contributed by atoms with Gasteiger partial charge < -0.3 is 15.0 Å². The Morgan fingerprint density at radius 3 is 2.77 bits per heavy atom. The summed E-state index contributed by atoms with van der Waals surface area (Å²) in [6, 6.07) is 8.17. The Morgan fingerprint density at radius 2 is 2.03 bits per heavy atom. The van der Waals surface area contributed by atoms with E-state index in [1.54, 1.807) is 0 Å². The molecule has 1 amide bonds. The first-order chi connectivity index (χ1) is 15.1. The number of amides is 1. The van der Waals surface area contributed by atoms with Crippen LogP contribution in [0.4, 0.5) is 5.69 Å². The lowest BCUT2D eigenvalue weighted by Gasteiger charge is -2.40. The van der Waals surface area contributed by atoms with Gasteiger partial charge in [0.05, 0.1) is 0 Å². The molecule has 1 aromatic carbocycles. The van der Waals surface area contributed by atoms with Crippen molar-refractivity contribution in [3.05, 3.63) is 41.9 Å². The number of aromatic nitrogens is 3. The fraction of sp³-hybridized carbons (Fsp3) is 0.524. The number of piperazine rings is 1. The molecule has 10 heteroatoms. The van der Waals surface area contributed by atoms with E-state index in [0.717, 1.165) is 56.2 Å². The van der Waals surface area contributed by atoms with Crippen LogP contribution in [0.2, 0.25) is 5.02 Å². The zero-order valence-corrected chi connectivity index (χ0v) is 18.1. The maximum Gasteiger partial charge on any atom is 0.325 e. The molecule has 1 saturated heterocycles. The van der Waals surface area contributed by atoms with E-state index in [4.69, 9.17) is 16.3 Å². The average Bonchev–Trinajstić information content (AvgIpc) is 3.45. The highest BCUT2D eigenvalue weighted by molar-refractivity contribution is 6.30. The summed E-state index contributed by atoms with van der Waals surface area (Å²) in [7, 11) is 0. The molecule has 31 heavy (non-hydrogen) atoms. The average molecular weight is 447 g/mol. The smallest absolute Gasteiger partial charge is 0.325 e.